The summed E-state index contributed by atoms with van der Waals surface area (Å²) in [7, 11) is 0. The third-order valence-corrected chi connectivity index (χ3v) is 3.12. The summed E-state index contributed by atoms with van der Waals surface area (Å²) in [5.41, 5.74) is 0.637. The number of rotatable bonds is 4. The Bertz CT molecular complexity index is 498. The molecular formula is C14H14FNO2. The van der Waals surface area contributed by atoms with E-state index < -0.39 is 0 Å². The highest BCUT2D eigenvalue weighted by Crippen LogP contribution is 2.20. The van der Waals surface area contributed by atoms with Gasteiger partial charge in [-0.15, -0.1) is 0 Å². The molecule has 0 aromatic heterocycles. The predicted molar refractivity (Wildman–Crippen MR) is 65.4 cm³/mol. The molecule has 0 N–H and O–H groups in total. The van der Waals surface area contributed by atoms with Crippen LogP contribution in [-0.2, 0) is 16.0 Å². The van der Waals surface area contributed by atoms with Crippen LogP contribution in [0.2, 0.25) is 0 Å². The molecule has 1 aliphatic rings. The van der Waals surface area contributed by atoms with E-state index in [0.29, 0.717) is 18.5 Å². The molecule has 1 amide bonds. The van der Waals surface area contributed by atoms with Crippen molar-refractivity contribution >= 4 is 11.7 Å². The minimum Gasteiger partial charge on any atom is -0.329 e. The maximum atomic E-state index is 13.0. The van der Waals surface area contributed by atoms with E-state index in [9.17, 15) is 14.0 Å². The second-order valence-electron chi connectivity index (χ2n) is 4.31. The second-order valence-corrected chi connectivity index (χ2v) is 4.31. The highest BCUT2D eigenvalue weighted by molar-refractivity contribution is 5.95. The topological polar surface area (TPSA) is 37.4 Å². The molecule has 1 atom stereocenters. The van der Waals surface area contributed by atoms with Crippen LogP contribution in [0.5, 0.6) is 0 Å². The van der Waals surface area contributed by atoms with Gasteiger partial charge >= 0.3 is 0 Å². The molecule has 1 aromatic rings. The van der Waals surface area contributed by atoms with Crippen LogP contribution < -0.4 is 0 Å². The molecule has 1 aromatic carbocycles. The van der Waals surface area contributed by atoms with Gasteiger partial charge in [-0.25, -0.2) is 4.39 Å². The van der Waals surface area contributed by atoms with Crippen LogP contribution in [0.15, 0.2) is 36.9 Å². The van der Waals surface area contributed by atoms with Crippen molar-refractivity contribution in [2.75, 3.05) is 6.54 Å². The van der Waals surface area contributed by atoms with E-state index in [1.165, 1.54) is 23.1 Å². The second kappa shape index (κ2) is 5.12. The molecule has 1 aliphatic heterocycles. The third-order valence-electron chi connectivity index (χ3n) is 3.12. The maximum Gasteiger partial charge on any atom is 0.246 e. The zero-order valence-electron chi connectivity index (χ0n) is 9.93. The molecule has 94 valence electrons. The van der Waals surface area contributed by atoms with Crippen LogP contribution in [0.1, 0.15) is 12.0 Å². The van der Waals surface area contributed by atoms with Crippen LogP contribution in [0, 0.1) is 5.82 Å². The van der Waals surface area contributed by atoms with Gasteiger partial charge in [0.1, 0.15) is 5.82 Å². The highest BCUT2D eigenvalue weighted by Gasteiger charge is 2.35. The molecule has 1 heterocycles. The largest absolute Gasteiger partial charge is 0.329 e. The Morgan fingerprint density at radius 2 is 2.28 bits per heavy atom. The first kappa shape index (κ1) is 12.5. The lowest BCUT2D eigenvalue weighted by Gasteiger charge is -2.39. The molecule has 4 heteroatoms. The summed E-state index contributed by atoms with van der Waals surface area (Å²) < 4.78 is 13.0. The van der Waals surface area contributed by atoms with Gasteiger partial charge in [0.2, 0.25) is 5.91 Å². The number of carbonyl (C=O) groups excluding carboxylic acids is 2. The Balaban J connectivity index is 2.00. The number of halogens is 1. The van der Waals surface area contributed by atoms with Gasteiger partial charge < -0.3 is 4.90 Å². The summed E-state index contributed by atoms with van der Waals surface area (Å²) in [6.45, 7) is 3.99. The normalized spacial score (nSPS) is 18.1. The summed E-state index contributed by atoms with van der Waals surface area (Å²) in [5.74, 6) is -0.631. The minimum atomic E-state index is -0.376. The fraction of sp³-hybridized carbons (Fsp3) is 0.286. The predicted octanol–water partition coefficient (Wildman–Crippen LogP) is 1.72. The Labute approximate surface area is 105 Å². The lowest BCUT2D eigenvalue weighted by atomic mass is 9.94. The fourth-order valence-electron chi connectivity index (χ4n) is 2.07. The van der Waals surface area contributed by atoms with Gasteiger partial charge in [-0.3, -0.25) is 9.59 Å². The number of nitrogens with zero attached hydrogens (tertiary/aromatic N) is 1. The number of benzene rings is 1. The first-order valence-corrected chi connectivity index (χ1v) is 5.82. The number of Topliss-reactive ketones (excluding diaryl/α,β-unsaturated/α-hetero) is 1. The van der Waals surface area contributed by atoms with E-state index in [0.717, 1.165) is 0 Å². The van der Waals surface area contributed by atoms with Gasteiger partial charge in [0, 0.05) is 13.0 Å². The van der Waals surface area contributed by atoms with Gasteiger partial charge in [-0.05, 0) is 30.2 Å². The Kier molecular flexibility index (Phi) is 3.55. The van der Waals surface area contributed by atoms with Crippen LogP contribution >= 0.6 is 0 Å². The molecule has 0 bridgehead atoms. The molecule has 18 heavy (non-hydrogen) atoms. The highest BCUT2D eigenvalue weighted by atomic mass is 19.1. The van der Waals surface area contributed by atoms with Crippen molar-refractivity contribution in [3.05, 3.63) is 48.3 Å². The van der Waals surface area contributed by atoms with E-state index in [1.807, 2.05) is 0 Å². The number of carbonyl (C=O) groups is 2. The molecule has 1 saturated heterocycles. The Morgan fingerprint density at radius 3 is 2.83 bits per heavy atom. The molecule has 2 rings (SSSR count). The van der Waals surface area contributed by atoms with Crippen molar-refractivity contribution in [2.45, 2.75) is 18.9 Å². The summed E-state index contributed by atoms with van der Waals surface area (Å²) in [6.07, 6.45) is 2.04. The van der Waals surface area contributed by atoms with E-state index in [1.54, 1.807) is 12.1 Å². The van der Waals surface area contributed by atoms with Crippen molar-refractivity contribution in [1.82, 2.24) is 4.90 Å². The van der Waals surface area contributed by atoms with Crippen LogP contribution in [-0.4, -0.2) is 29.2 Å². The van der Waals surface area contributed by atoms with E-state index in [4.69, 9.17) is 0 Å². The summed E-state index contributed by atoms with van der Waals surface area (Å²) >= 11 is 0. The molecular weight excluding hydrogens is 233 g/mol. The van der Waals surface area contributed by atoms with Crippen molar-refractivity contribution < 1.29 is 14.0 Å². The number of hydrogen-bond donors (Lipinski definition) is 0. The number of likely N-dealkylation sites (tertiary alicyclic amines) is 1. The lowest BCUT2D eigenvalue weighted by Crippen LogP contribution is -2.55. The first-order valence-electron chi connectivity index (χ1n) is 5.82. The van der Waals surface area contributed by atoms with Gasteiger partial charge in [0.05, 0.1) is 6.04 Å². The van der Waals surface area contributed by atoms with Crippen molar-refractivity contribution in [2.24, 2.45) is 0 Å². The molecule has 0 spiro atoms. The molecule has 1 unspecified atom stereocenters. The Hall–Kier alpha value is -1.97. The van der Waals surface area contributed by atoms with E-state index in [2.05, 4.69) is 6.58 Å². The molecule has 1 fully saturated rings. The van der Waals surface area contributed by atoms with Crippen molar-refractivity contribution in [1.29, 1.82) is 0 Å². The summed E-state index contributed by atoms with van der Waals surface area (Å²) in [6, 6.07) is 5.59. The number of amides is 1. The third kappa shape index (κ3) is 2.47. The monoisotopic (exact) mass is 247 g/mol. The molecule has 0 aliphatic carbocycles. The van der Waals surface area contributed by atoms with Gasteiger partial charge in [-0.1, -0.05) is 18.7 Å². The average Bonchev–Trinajstić information content (AvgIpc) is 2.27. The van der Waals surface area contributed by atoms with Crippen LogP contribution in [0.4, 0.5) is 4.39 Å². The lowest BCUT2D eigenvalue weighted by molar-refractivity contribution is -0.142. The smallest absolute Gasteiger partial charge is 0.246 e. The number of hydrogen-bond acceptors (Lipinski definition) is 2. The average molecular weight is 247 g/mol. The first-order chi connectivity index (χ1) is 8.61. The Morgan fingerprint density at radius 1 is 1.50 bits per heavy atom. The van der Waals surface area contributed by atoms with Crippen molar-refractivity contribution in [3.8, 4) is 0 Å². The summed E-state index contributed by atoms with van der Waals surface area (Å²) in [4.78, 5) is 24.9. The van der Waals surface area contributed by atoms with Crippen LogP contribution in [0.25, 0.3) is 0 Å². The zero-order valence-corrected chi connectivity index (χ0v) is 9.93. The SMILES string of the molecule is C=CC(=O)N1CCC1C(=O)Cc1cccc(F)c1. The van der Waals surface area contributed by atoms with E-state index >= 15 is 0 Å². The minimum absolute atomic E-state index is 0.0537. The van der Waals surface area contributed by atoms with Gasteiger partial charge in [0.15, 0.2) is 5.78 Å². The quantitative estimate of drug-likeness (QED) is 0.760. The molecule has 3 nitrogen and oxygen atoms in total. The molecule has 0 radical (unpaired) electrons. The zero-order chi connectivity index (χ0) is 13.1. The standard InChI is InChI=1S/C14H14FNO2/c1-2-14(18)16-7-6-12(16)13(17)9-10-4-3-5-11(15)8-10/h2-5,8,12H,1,6-7,9H2. The van der Waals surface area contributed by atoms with Crippen molar-refractivity contribution in [3.63, 3.8) is 0 Å². The van der Waals surface area contributed by atoms with Gasteiger partial charge in [0.25, 0.3) is 0 Å². The van der Waals surface area contributed by atoms with Gasteiger partial charge in [-0.2, -0.15) is 0 Å². The van der Waals surface area contributed by atoms with E-state index in [-0.39, 0.29) is 30.0 Å². The fourth-order valence-corrected chi connectivity index (χ4v) is 2.07. The maximum absolute atomic E-state index is 13.0. The number of ketones is 1. The van der Waals surface area contributed by atoms with Crippen LogP contribution in [0.3, 0.4) is 0 Å². The molecule has 0 saturated carbocycles. The summed E-state index contributed by atoms with van der Waals surface area (Å²) in [5, 5.41) is 0.